The van der Waals surface area contributed by atoms with Gasteiger partial charge in [-0.1, -0.05) is 12.1 Å². The Morgan fingerprint density at radius 2 is 1.89 bits per heavy atom. The van der Waals surface area contributed by atoms with Crippen molar-refractivity contribution in [3.63, 3.8) is 0 Å². The Morgan fingerprint density at radius 3 is 2.67 bits per heavy atom. The third-order valence-corrected chi connectivity index (χ3v) is 7.88. The molecule has 3 aliphatic rings. The summed E-state index contributed by atoms with van der Waals surface area (Å²) in [5.74, 6) is 0.0234. The number of amides is 1. The molecule has 0 bridgehead atoms. The highest BCUT2D eigenvalue weighted by Gasteiger charge is 2.41. The van der Waals surface area contributed by atoms with E-state index >= 15 is 0 Å². The van der Waals surface area contributed by atoms with Crippen molar-refractivity contribution in [2.24, 2.45) is 0 Å². The fourth-order valence-corrected chi connectivity index (χ4v) is 6.05. The van der Waals surface area contributed by atoms with Gasteiger partial charge in [-0.3, -0.25) is 9.59 Å². The van der Waals surface area contributed by atoms with Gasteiger partial charge in [0.05, 0.1) is 0 Å². The smallest absolute Gasteiger partial charge is 0.254 e. The second-order valence-electron chi connectivity index (χ2n) is 9.11. The number of nitrogens with one attached hydrogen (secondary N) is 2. The van der Waals surface area contributed by atoms with Crippen molar-refractivity contribution in [3.8, 4) is 11.5 Å². The molecule has 2 aromatic carbocycles. The number of allylic oxidation sites excluding steroid dienone is 3. The minimum atomic E-state index is -0.576. The Morgan fingerprint density at radius 1 is 1.08 bits per heavy atom. The molecule has 182 valence electrons. The van der Waals surface area contributed by atoms with Gasteiger partial charge < -0.3 is 20.1 Å². The molecule has 6 nitrogen and oxygen atoms in total. The summed E-state index contributed by atoms with van der Waals surface area (Å²) in [7, 11) is 0. The lowest BCUT2D eigenvalue weighted by atomic mass is 9.72. The Kier molecular flexibility index (Phi) is 5.60. The SMILES string of the molecule is CC1=C(C(=O)Nc2ccc(F)cc2)[C@@H](c2ccc3c(c2)OCO3)C2=C(C[C@H](c3cccs3)CC2=O)N1. The molecule has 0 saturated carbocycles. The maximum Gasteiger partial charge on any atom is 0.254 e. The minimum absolute atomic E-state index is 0.0180. The van der Waals surface area contributed by atoms with Gasteiger partial charge in [0.15, 0.2) is 17.3 Å². The predicted molar refractivity (Wildman–Crippen MR) is 134 cm³/mol. The van der Waals surface area contributed by atoms with E-state index in [-0.39, 0.29) is 30.2 Å². The normalized spacial score (nSPS) is 20.8. The summed E-state index contributed by atoms with van der Waals surface area (Å²) >= 11 is 1.65. The van der Waals surface area contributed by atoms with E-state index < -0.39 is 5.92 Å². The van der Waals surface area contributed by atoms with Crippen LogP contribution in [0.3, 0.4) is 0 Å². The average molecular weight is 503 g/mol. The summed E-state index contributed by atoms with van der Waals surface area (Å²) in [5.41, 5.74) is 3.83. The summed E-state index contributed by atoms with van der Waals surface area (Å²) < 4.78 is 24.5. The molecule has 0 saturated heterocycles. The van der Waals surface area contributed by atoms with Gasteiger partial charge in [0.25, 0.3) is 5.91 Å². The largest absolute Gasteiger partial charge is 0.454 e. The van der Waals surface area contributed by atoms with Gasteiger partial charge >= 0.3 is 0 Å². The number of thiophene rings is 1. The molecule has 6 rings (SSSR count). The third kappa shape index (κ3) is 3.97. The number of Topliss-reactive ketones (excluding diaryl/α,β-unsaturated/α-hetero) is 1. The summed E-state index contributed by atoms with van der Waals surface area (Å²) in [6.45, 7) is 1.98. The van der Waals surface area contributed by atoms with Gasteiger partial charge in [0, 0.05) is 51.4 Å². The number of carbonyl (C=O) groups is 2. The molecule has 0 radical (unpaired) electrons. The molecule has 1 amide bonds. The van der Waals surface area contributed by atoms with Crippen LogP contribution in [0.25, 0.3) is 0 Å². The van der Waals surface area contributed by atoms with E-state index in [4.69, 9.17) is 9.47 Å². The lowest BCUT2D eigenvalue weighted by Gasteiger charge is -2.36. The molecule has 2 N–H and O–H groups in total. The first-order chi connectivity index (χ1) is 17.5. The maximum atomic E-state index is 13.7. The number of hydrogen-bond acceptors (Lipinski definition) is 6. The molecule has 2 atom stereocenters. The van der Waals surface area contributed by atoms with Crippen LogP contribution in [0.5, 0.6) is 11.5 Å². The quantitative estimate of drug-likeness (QED) is 0.485. The molecule has 3 aromatic rings. The molecule has 8 heteroatoms. The topological polar surface area (TPSA) is 76.7 Å². The second kappa shape index (κ2) is 8.95. The van der Waals surface area contributed by atoms with E-state index in [1.807, 2.05) is 36.6 Å². The van der Waals surface area contributed by atoms with E-state index in [1.54, 1.807) is 11.3 Å². The van der Waals surface area contributed by atoms with Crippen molar-refractivity contribution < 1.29 is 23.5 Å². The monoisotopic (exact) mass is 502 g/mol. The fraction of sp³-hybridized carbons (Fsp3) is 0.214. The number of ether oxygens (including phenoxy) is 2. The first kappa shape index (κ1) is 22.5. The standard InChI is InChI=1S/C28H23FN2O4S/c1-15-25(28(33)31-19-7-5-18(29)6-8-19)26(16-4-9-22-23(13-16)35-14-34-22)27-20(30-15)11-17(12-21(27)32)24-3-2-10-36-24/h2-10,13,17,26,30H,11-12,14H2,1H3,(H,31,33)/t17-,26+/m0/s1. The average Bonchev–Trinajstić information content (AvgIpc) is 3.56. The molecule has 1 aromatic heterocycles. The van der Waals surface area contributed by atoms with E-state index in [9.17, 15) is 14.0 Å². The Balaban J connectivity index is 1.42. The molecule has 2 aliphatic heterocycles. The van der Waals surface area contributed by atoms with Crippen molar-refractivity contribution >= 4 is 28.7 Å². The zero-order valence-corrected chi connectivity index (χ0v) is 20.3. The van der Waals surface area contributed by atoms with Gasteiger partial charge in [-0.05, 0) is 66.8 Å². The van der Waals surface area contributed by atoms with Crippen molar-refractivity contribution in [1.82, 2.24) is 5.32 Å². The molecule has 0 fully saturated rings. The van der Waals surface area contributed by atoms with Crippen LogP contribution in [0.4, 0.5) is 10.1 Å². The number of benzene rings is 2. The van der Waals surface area contributed by atoms with E-state index in [0.717, 1.165) is 11.3 Å². The van der Waals surface area contributed by atoms with Gasteiger partial charge in [0.2, 0.25) is 6.79 Å². The highest BCUT2D eigenvalue weighted by Crippen LogP contribution is 2.47. The second-order valence-corrected chi connectivity index (χ2v) is 10.1. The first-order valence-electron chi connectivity index (χ1n) is 11.7. The van der Waals surface area contributed by atoms with Crippen molar-refractivity contribution in [2.45, 2.75) is 31.6 Å². The van der Waals surface area contributed by atoms with Crippen LogP contribution in [0, 0.1) is 5.82 Å². The van der Waals surface area contributed by atoms with Crippen molar-refractivity contribution in [3.05, 3.63) is 98.8 Å². The molecule has 3 heterocycles. The molecule has 1 aliphatic carbocycles. The number of fused-ring (bicyclic) bond motifs is 1. The Bertz CT molecular complexity index is 1430. The zero-order chi connectivity index (χ0) is 24.8. The predicted octanol–water partition coefficient (Wildman–Crippen LogP) is 5.62. The van der Waals surface area contributed by atoms with Crippen LogP contribution in [-0.2, 0) is 9.59 Å². The molecule has 36 heavy (non-hydrogen) atoms. The minimum Gasteiger partial charge on any atom is -0.454 e. The number of carbonyl (C=O) groups excluding carboxylic acids is 2. The van der Waals surface area contributed by atoms with Crippen LogP contribution in [0.15, 0.2) is 82.5 Å². The first-order valence-corrected chi connectivity index (χ1v) is 12.6. The summed E-state index contributed by atoms with van der Waals surface area (Å²) in [6.07, 6.45) is 1.07. The fourth-order valence-electron chi connectivity index (χ4n) is 5.22. The summed E-state index contributed by atoms with van der Waals surface area (Å²) in [5, 5.41) is 8.28. The van der Waals surface area contributed by atoms with E-state index in [1.165, 1.54) is 29.1 Å². The number of rotatable bonds is 4. The van der Waals surface area contributed by atoms with Crippen LogP contribution >= 0.6 is 11.3 Å². The molecule has 0 spiro atoms. The number of anilines is 1. The number of ketones is 1. The Labute approximate surface area is 211 Å². The van der Waals surface area contributed by atoms with Gasteiger partial charge in [0.1, 0.15) is 5.82 Å². The number of halogens is 1. The lowest BCUT2D eigenvalue weighted by molar-refractivity contribution is -0.116. The highest BCUT2D eigenvalue weighted by molar-refractivity contribution is 7.10. The number of hydrogen-bond donors (Lipinski definition) is 2. The van der Waals surface area contributed by atoms with Gasteiger partial charge in [-0.25, -0.2) is 4.39 Å². The molecular formula is C28H23FN2O4S. The van der Waals surface area contributed by atoms with Crippen molar-refractivity contribution in [1.29, 1.82) is 0 Å². The molecular weight excluding hydrogens is 479 g/mol. The van der Waals surface area contributed by atoms with Gasteiger partial charge in [-0.2, -0.15) is 0 Å². The Hall–Kier alpha value is -3.91. The lowest BCUT2D eigenvalue weighted by Crippen LogP contribution is -2.37. The van der Waals surface area contributed by atoms with Crippen LogP contribution in [-0.4, -0.2) is 18.5 Å². The summed E-state index contributed by atoms with van der Waals surface area (Å²) in [6, 6.07) is 15.2. The van der Waals surface area contributed by atoms with Crippen molar-refractivity contribution in [2.75, 3.05) is 12.1 Å². The van der Waals surface area contributed by atoms with Gasteiger partial charge in [-0.15, -0.1) is 11.3 Å². The van der Waals surface area contributed by atoms with Crippen LogP contribution in [0.1, 0.15) is 42.0 Å². The number of dihydropyridines is 1. The summed E-state index contributed by atoms with van der Waals surface area (Å²) in [4.78, 5) is 28.5. The highest BCUT2D eigenvalue weighted by atomic mass is 32.1. The third-order valence-electron chi connectivity index (χ3n) is 6.85. The van der Waals surface area contributed by atoms with Crippen LogP contribution < -0.4 is 20.1 Å². The maximum absolute atomic E-state index is 13.7. The molecule has 0 unspecified atom stereocenters. The van der Waals surface area contributed by atoms with E-state index in [0.29, 0.717) is 46.9 Å². The zero-order valence-electron chi connectivity index (χ0n) is 19.5. The van der Waals surface area contributed by atoms with Crippen LogP contribution in [0.2, 0.25) is 0 Å². The van der Waals surface area contributed by atoms with E-state index in [2.05, 4.69) is 16.7 Å².